The first-order chi connectivity index (χ1) is 14.2. The Morgan fingerprint density at radius 3 is 2.67 bits per heavy atom. The molecule has 0 aliphatic heterocycles. The number of amides is 2. The van der Waals surface area contributed by atoms with Crippen molar-refractivity contribution in [3.8, 4) is 0 Å². The number of esters is 1. The lowest BCUT2D eigenvalue weighted by Crippen LogP contribution is -2.31. The highest BCUT2D eigenvalue weighted by molar-refractivity contribution is 7.99. The number of nitrogens with one attached hydrogen (secondary N) is 2. The standard InChI is InChI=1S/C17H17F3N4O5S/c1-2-28-14(26)8-21-12(25)9-30-16-24-23-13(29-16)7-22-15(27)10-4-3-5-11(6-10)17(18,19)20/h3-6H,2,7-9H2,1H3,(H,21,25)(H,22,27). The first-order valence-corrected chi connectivity index (χ1v) is 9.50. The maximum atomic E-state index is 12.7. The number of carbonyl (C=O) groups is 3. The van der Waals surface area contributed by atoms with Crippen LogP contribution < -0.4 is 10.6 Å². The number of hydrogen-bond donors (Lipinski definition) is 2. The Labute approximate surface area is 172 Å². The number of ether oxygens (including phenoxy) is 1. The Balaban J connectivity index is 1.80. The third kappa shape index (κ3) is 7.39. The highest BCUT2D eigenvalue weighted by Gasteiger charge is 2.30. The van der Waals surface area contributed by atoms with Crippen LogP contribution in [0.15, 0.2) is 33.9 Å². The van der Waals surface area contributed by atoms with Gasteiger partial charge in [-0.15, -0.1) is 10.2 Å². The highest BCUT2D eigenvalue weighted by atomic mass is 32.2. The number of hydrogen-bond acceptors (Lipinski definition) is 8. The van der Waals surface area contributed by atoms with Gasteiger partial charge in [0.25, 0.3) is 11.1 Å². The van der Waals surface area contributed by atoms with Gasteiger partial charge in [0.2, 0.25) is 11.8 Å². The van der Waals surface area contributed by atoms with E-state index in [1.165, 1.54) is 6.07 Å². The summed E-state index contributed by atoms with van der Waals surface area (Å²) >= 11 is 0.908. The molecule has 0 saturated heterocycles. The van der Waals surface area contributed by atoms with Crippen molar-refractivity contribution in [2.24, 2.45) is 0 Å². The molecule has 0 aliphatic rings. The fraction of sp³-hybridized carbons (Fsp3) is 0.353. The highest BCUT2D eigenvalue weighted by Crippen LogP contribution is 2.29. The van der Waals surface area contributed by atoms with Gasteiger partial charge < -0.3 is 19.8 Å². The third-order valence-corrected chi connectivity index (χ3v) is 4.18. The fourth-order valence-electron chi connectivity index (χ4n) is 2.02. The van der Waals surface area contributed by atoms with Crippen molar-refractivity contribution in [2.75, 3.05) is 18.9 Å². The molecule has 0 atom stereocenters. The van der Waals surface area contributed by atoms with Gasteiger partial charge in [-0.3, -0.25) is 14.4 Å². The minimum atomic E-state index is -4.56. The molecule has 9 nitrogen and oxygen atoms in total. The summed E-state index contributed by atoms with van der Waals surface area (Å²) in [6.07, 6.45) is -4.56. The van der Waals surface area contributed by atoms with Gasteiger partial charge >= 0.3 is 12.1 Å². The zero-order valence-corrected chi connectivity index (χ0v) is 16.4. The molecule has 0 fully saturated rings. The van der Waals surface area contributed by atoms with E-state index in [9.17, 15) is 27.6 Å². The van der Waals surface area contributed by atoms with Gasteiger partial charge in [0.15, 0.2) is 0 Å². The quantitative estimate of drug-likeness (QED) is 0.442. The molecular weight excluding hydrogens is 429 g/mol. The summed E-state index contributed by atoms with van der Waals surface area (Å²) in [5.74, 6) is -1.85. The Bertz CT molecular complexity index is 904. The summed E-state index contributed by atoms with van der Waals surface area (Å²) in [5, 5.41) is 12.1. The van der Waals surface area contributed by atoms with E-state index in [2.05, 4.69) is 25.6 Å². The number of nitrogens with zero attached hydrogens (tertiary/aromatic N) is 2. The molecule has 1 heterocycles. The number of halogens is 3. The van der Waals surface area contributed by atoms with Crippen molar-refractivity contribution in [1.82, 2.24) is 20.8 Å². The minimum absolute atomic E-state index is 0.00441. The third-order valence-electron chi connectivity index (χ3n) is 3.36. The SMILES string of the molecule is CCOC(=O)CNC(=O)CSc1nnc(CNC(=O)c2cccc(C(F)(F)F)c2)o1. The van der Waals surface area contributed by atoms with Crippen molar-refractivity contribution >= 4 is 29.5 Å². The van der Waals surface area contributed by atoms with E-state index in [0.717, 1.165) is 30.0 Å². The second-order valence-electron chi connectivity index (χ2n) is 5.59. The lowest BCUT2D eigenvalue weighted by molar-refractivity contribution is -0.143. The monoisotopic (exact) mass is 446 g/mol. The average molecular weight is 446 g/mol. The lowest BCUT2D eigenvalue weighted by atomic mass is 10.1. The van der Waals surface area contributed by atoms with Crippen LogP contribution in [0.25, 0.3) is 0 Å². The van der Waals surface area contributed by atoms with Crippen LogP contribution in [0.1, 0.15) is 28.7 Å². The molecule has 0 aliphatic carbocycles. The summed E-state index contributed by atoms with van der Waals surface area (Å²) in [7, 11) is 0. The Kier molecular flexibility index (Phi) is 8.21. The molecule has 30 heavy (non-hydrogen) atoms. The molecule has 13 heteroatoms. The van der Waals surface area contributed by atoms with E-state index in [0.29, 0.717) is 0 Å². The predicted molar refractivity (Wildman–Crippen MR) is 97.3 cm³/mol. The first kappa shape index (κ1) is 23.2. The molecule has 1 aromatic carbocycles. The van der Waals surface area contributed by atoms with E-state index in [-0.39, 0.29) is 42.1 Å². The topological polar surface area (TPSA) is 123 Å². The van der Waals surface area contributed by atoms with Gasteiger partial charge in [-0.05, 0) is 25.1 Å². The van der Waals surface area contributed by atoms with E-state index in [1.54, 1.807) is 6.92 Å². The largest absolute Gasteiger partial charge is 0.465 e. The fourth-order valence-corrected chi connectivity index (χ4v) is 2.63. The molecule has 0 radical (unpaired) electrons. The van der Waals surface area contributed by atoms with E-state index in [4.69, 9.17) is 4.42 Å². The summed E-state index contributed by atoms with van der Waals surface area (Å²) in [6.45, 7) is 1.38. The molecule has 2 N–H and O–H groups in total. The van der Waals surface area contributed by atoms with E-state index >= 15 is 0 Å². The maximum absolute atomic E-state index is 12.7. The lowest BCUT2D eigenvalue weighted by Gasteiger charge is -2.08. The molecular formula is C17H17F3N4O5S. The second kappa shape index (κ2) is 10.6. The maximum Gasteiger partial charge on any atom is 0.416 e. The molecule has 2 rings (SSSR count). The Morgan fingerprint density at radius 1 is 1.20 bits per heavy atom. The van der Waals surface area contributed by atoms with Crippen LogP contribution in [0.3, 0.4) is 0 Å². The number of carbonyl (C=O) groups excluding carboxylic acids is 3. The van der Waals surface area contributed by atoms with Crippen LogP contribution in [0.5, 0.6) is 0 Å². The Morgan fingerprint density at radius 2 is 1.97 bits per heavy atom. The number of thioether (sulfide) groups is 1. The van der Waals surface area contributed by atoms with E-state index in [1.807, 2.05) is 0 Å². The summed E-state index contributed by atoms with van der Waals surface area (Å²) in [4.78, 5) is 34.8. The van der Waals surface area contributed by atoms with Gasteiger partial charge in [-0.1, -0.05) is 17.8 Å². The summed E-state index contributed by atoms with van der Waals surface area (Å²) in [6, 6.07) is 3.97. The molecule has 1 aromatic heterocycles. The number of alkyl halides is 3. The van der Waals surface area contributed by atoms with Gasteiger partial charge in [0.1, 0.15) is 6.54 Å². The molecule has 2 amide bonds. The van der Waals surface area contributed by atoms with Crippen molar-refractivity contribution in [3.05, 3.63) is 41.3 Å². The molecule has 2 aromatic rings. The van der Waals surface area contributed by atoms with Crippen molar-refractivity contribution in [3.63, 3.8) is 0 Å². The predicted octanol–water partition coefficient (Wildman–Crippen LogP) is 1.79. The number of aromatic nitrogens is 2. The number of rotatable bonds is 9. The van der Waals surface area contributed by atoms with Crippen molar-refractivity contribution in [2.45, 2.75) is 24.9 Å². The first-order valence-electron chi connectivity index (χ1n) is 8.52. The zero-order valence-electron chi connectivity index (χ0n) is 15.6. The van der Waals surface area contributed by atoms with Crippen LogP contribution >= 0.6 is 11.8 Å². The number of benzene rings is 1. The minimum Gasteiger partial charge on any atom is -0.465 e. The van der Waals surface area contributed by atoms with Crippen LogP contribution in [0.2, 0.25) is 0 Å². The normalized spacial score (nSPS) is 11.1. The van der Waals surface area contributed by atoms with Crippen molar-refractivity contribution in [1.29, 1.82) is 0 Å². The van der Waals surface area contributed by atoms with Crippen LogP contribution in [-0.2, 0) is 27.0 Å². The molecule has 0 saturated carbocycles. The van der Waals surface area contributed by atoms with Gasteiger partial charge in [-0.2, -0.15) is 13.2 Å². The molecule has 0 spiro atoms. The van der Waals surface area contributed by atoms with Crippen LogP contribution in [0, 0.1) is 0 Å². The smallest absolute Gasteiger partial charge is 0.416 e. The van der Waals surface area contributed by atoms with Gasteiger partial charge in [-0.25, -0.2) is 0 Å². The second-order valence-corrected chi connectivity index (χ2v) is 6.52. The molecule has 0 unspecified atom stereocenters. The van der Waals surface area contributed by atoms with E-state index < -0.39 is 29.5 Å². The van der Waals surface area contributed by atoms with Crippen LogP contribution in [-0.4, -0.2) is 46.9 Å². The van der Waals surface area contributed by atoms with Crippen LogP contribution in [0.4, 0.5) is 13.2 Å². The average Bonchev–Trinajstić information content (AvgIpc) is 3.16. The summed E-state index contributed by atoms with van der Waals surface area (Å²) in [5.41, 5.74) is -1.11. The molecule has 162 valence electrons. The van der Waals surface area contributed by atoms with Gasteiger partial charge in [0.05, 0.1) is 24.5 Å². The zero-order chi connectivity index (χ0) is 22.1. The Hall–Kier alpha value is -3.09. The van der Waals surface area contributed by atoms with Crippen molar-refractivity contribution < 1.29 is 36.7 Å². The molecule has 0 bridgehead atoms. The van der Waals surface area contributed by atoms with Gasteiger partial charge in [0, 0.05) is 5.56 Å². The summed E-state index contributed by atoms with van der Waals surface area (Å²) < 4.78 is 48.1.